The number of quaternary nitrogens is 1. The molecule has 0 aliphatic carbocycles. The predicted molar refractivity (Wildman–Crippen MR) is 109 cm³/mol. The van der Waals surface area contributed by atoms with Gasteiger partial charge in [-0.1, -0.05) is 111 Å². The average Bonchev–Trinajstić information content (AvgIpc) is 2.54. The van der Waals surface area contributed by atoms with Gasteiger partial charge in [0.2, 0.25) is 0 Å². The monoisotopic (exact) mass is 328 g/mol. The van der Waals surface area contributed by atoms with Crippen molar-refractivity contribution in [3.05, 3.63) is 0 Å². The molecule has 0 aromatic heterocycles. The summed E-state index contributed by atoms with van der Waals surface area (Å²) in [5, 5.41) is 0. The molecule has 0 rings (SSSR count). The van der Waals surface area contributed by atoms with E-state index >= 15 is 0 Å². The quantitative estimate of drug-likeness (QED) is 0.312. The van der Waals surface area contributed by atoms with Gasteiger partial charge in [0.15, 0.2) is 0 Å². The fourth-order valence-electron chi connectivity index (χ4n) is 2.82. The van der Waals surface area contributed by atoms with E-state index in [4.69, 9.17) is 0 Å². The first-order chi connectivity index (χ1) is 11.2. The lowest BCUT2D eigenvalue weighted by molar-refractivity contribution is -0.858. The number of nitrogens with one attached hydrogen (secondary N) is 1. The smallest absolute Gasteiger partial charge is 0.0766 e. The minimum absolute atomic E-state index is 1.34. The molecule has 0 saturated carbocycles. The lowest BCUT2D eigenvalue weighted by Gasteiger charge is -2.06. The van der Waals surface area contributed by atoms with E-state index in [1.165, 1.54) is 109 Å². The lowest BCUT2D eigenvalue weighted by Crippen LogP contribution is -3.05. The molecule has 0 saturated heterocycles. The van der Waals surface area contributed by atoms with Gasteiger partial charge >= 0.3 is 0 Å². The van der Waals surface area contributed by atoms with Crippen LogP contribution < -0.4 is 4.90 Å². The fourth-order valence-corrected chi connectivity index (χ4v) is 2.82. The minimum Gasteiger partial charge on any atom is -0.340 e. The van der Waals surface area contributed by atoms with Crippen molar-refractivity contribution in [1.29, 1.82) is 0 Å². The largest absolute Gasteiger partial charge is 0.340 e. The van der Waals surface area contributed by atoms with Crippen LogP contribution in [0.2, 0.25) is 0 Å². The van der Waals surface area contributed by atoms with Gasteiger partial charge in [-0.2, -0.15) is 0 Å². The molecule has 1 N–H and O–H groups in total. The summed E-state index contributed by atoms with van der Waals surface area (Å²) in [6.07, 6.45) is 22.9. The van der Waals surface area contributed by atoms with Crippen LogP contribution in [-0.4, -0.2) is 20.6 Å². The van der Waals surface area contributed by atoms with Crippen molar-refractivity contribution in [3.8, 4) is 0 Å². The van der Waals surface area contributed by atoms with Gasteiger partial charge in [0.05, 0.1) is 20.6 Å². The maximum atomic E-state index is 2.28. The summed E-state index contributed by atoms with van der Waals surface area (Å²) < 4.78 is 0. The fraction of sp³-hybridized carbons (Fsp3) is 1.00. The average molecular weight is 329 g/mol. The Bertz CT molecular complexity index is 169. The van der Waals surface area contributed by atoms with Gasteiger partial charge in [0, 0.05) is 0 Å². The Kier molecular flexibility index (Phi) is 26.5. The highest BCUT2D eigenvalue weighted by Crippen LogP contribution is 2.08. The first kappa shape index (κ1) is 25.2. The summed E-state index contributed by atoms with van der Waals surface area (Å²) in [7, 11) is 4.47. The van der Waals surface area contributed by atoms with E-state index in [2.05, 4.69) is 34.9 Å². The van der Waals surface area contributed by atoms with Crippen molar-refractivity contribution in [2.75, 3.05) is 20.6 Å². The molecule has 0 bridgehead atoms. The maximum Gasteiger partial charge on any atom is 0.0766 e. The van der Waals surface area contributed by atoms with E-state index in [9.17, 15) is 0 Å². The van der Waals surface area contributed by atoms with Crippen molar-refractivity contribution in [2.45, 2.75) is 124 Å². The molecule has 23 heavy (non-hydrogen) atoms. The third-order valence-corrected chi connectivity index (χ3v) is 4.49. The zero-order valence-corrected chi connectivity index (χ0v) is 17.5. The van der Waals surface area contributed by atoms with E-state index in [1.807, 2.05) is 0 Å². The first-order valence-electron chi connectivity index (χ1n) is 11.0. The Morgan fingerprint density at radius 1 is 0.391 bits per heavy atom. The van der Waals surface area contributed by atoms with E-state index in [-0.39, 0.29) is 0 Å². The predicted octanol–water partition coefficient (Wildman–Crippen LogP) is 6.42. The lowest BCUT2D eigenvalue weighted by atomic mass is 10.1. The second-order valence-corrected chi connectivity index (χ2v) is 7.55. The van der Waals surface area contributed by atoms with Crippen LogP contribution in [0.1, 0.15) is 124 Å². The highest BCUT2D eigenvalue weighted by Gasteiger charge is 1.94. The van der Waals surface area contributed by atoms with Crippen LogP contribution in [0.3, 0.4) is 0 Å². The van der Waals surface area contributed by atoms with Gasteiger partial charge in [-0.3, -0.25) is 0 Å². The van der Waals surface area contributed by atoms with Crippen molar-refractivity contribution in [3.63, 3.8) is 0 Å². The van der Waals surface area contributed by atoms with Crippen molar-refractivity contribution >= 4 is 0 Å². The van der Waals surface area contributed by atoms with E-state index < -0.39 is 0 Å². The summed E-state index contributed by atoms with van der Waals surface area (Å²) in [5.41, 5.74) is 0. The van der Waals surface area contributed by atoms with Gasteiger partial charge in [0.1, 0.15) is 0 Å². The van der Waals surface area contributed by atoms with Crippen LogP contribution in [0, 0.1) is 0 Å². The Morgan fingerprint density at radius 3 is 0.913 bits per heavy atom. The van der Waals surface area contributed by atoms with E-state index in [1.54, 1.807) is 4.90 Å². The van der Waals surface area contributed by atoms with Crippen molar-refractivity contribution in [2.24, 2.45) is 0 Å². The number of unbranched alkanes of at least 4 members (excludes halogenated alkanes) is 14. The van der Waals surface area contributed by atoms with E-state index in [0.717, 1.165) is 0 Å². The Balaban J connectivity index is 0. The molecule has 1 nitrogen and oxygen atoms in total. The molecule has 0 radical (unpaired) electrons. The molecule has 0 amide bonds. The van der Waals surface area contributed by atoms with Crippen LogP contribution >= 0.6 is 0 Å². The topological polar surface area (TPSA) is 4.44 Å². The Morgan fingerprint density at radius 2 is 0.652 bits per heavy atom. The molecule has 0 aromatic rings. The molecule has 0 atom stereocenters. The van der Waals surface area contributed by atoms with Crippen LogP contribution in [0.4, 0.5) is 0 Å². The number of rotatable bonds is 16. The molecule has 0 unspecified atom stereocenters. The summed E-state index contributed by atoms with van der Waals surface area (Å²) >= 11 is 0. The van der Waals surface area contributed by atoms with Gasteiger partial charge in [-0.15, -0.1) is 0 Å². The highest BCUT2D eigenvalue weighted by atomic mass is 15.0. The molecule has 0 aliphatic heterocycles. The third kappa shape index (κ3) is 30.4. The van der Waals surface area contributed by atoms with Crippen LogP contribution in [-0.2, 0) is 0 Å². The standard InChI is InChI=1S/C12H27N.C10H22/c1-4-5-6-7-8-9-10-11-12-13(2)3;1-3-5-7-9-10-8-6-4-2/h4-12H2,1-3H3;3-10H2,1-2H3/p+1. The van der Waals surface area contributed by atoms with Crippen molar-refractivity contribution in [1.82, 2.24) is 0 Å². The first-order valence-corrected chi connectivity index (χ1v) is 11.0. The Labute approximate surface area is 149 Å². The van der Waals surface area contributed by atoms with Gasteiger partial charge in [-0.05, 0) is 12.8 Å². The molecular weight excluding hydrogens is 278 g/mol. The molecular formula is C22H50N+. The zero-order chi connectivity index (χ0) is 17.6. The van der Waals surface area contributed by atoms with Crippen LogP contribution in [0.5, 0.6) is 0 Å². The van der Waals surface area contributed by atoms with Gasteiger partial charge in [-0.25, -0.2) is 0 Å². The van der Waals surface area contributed by atoms with E-state index in [0.29, 0.717) is 0 Å². The summed E-state index contributed by atoms with van der Waals surface area (Å²) in [6, 6.07) is 0. The Hall–Kier alpha value is -0.0400. The van der Waals surface area contributed by atoms with Crippen molar-refractivity contribution < 1.29 is 4.90 Å². The molecule has 0 fully saturated rings. The molecule has 0 spiro atoms. The number of hydrogen-bond acceptors (Lipinski definition) is 0. The molecule has 0 aromatic carbocycles. The number of hydrogen-bond donors (Lipinski definition) is 1. The molecule has 0 aliphatic rings. The summed E-state index contributed by atoms with van der Waals surface area (Å²) in [4.78, 5) is 1.59. The second-order valence-electron chi connectivity index (χ2n) is 7.55. The summed E-state index contributed by atoms with van der Waals surface area (Å²) in [6.45, 7) is 8.16. The minimum atomic E-state index is 1.34. The second kappa shape index (κ2) is 24.2. The van der Waals surface area contributed by atoms with Crippen LogP contribution in [0.25, 0.3) is 0 Å². The maximum absolute atomic E-state index is 2.28. The molecule has 142 valence electrons. The highest BCUT2D eigenvalue weighted by molar-refractivity contribution is 4.45. The SMILES string of the molecule is CCCCCCCCCC.CCCCCCCCCC[NH+](C)C. The molecule has 1 heteroatoms. The van der Waals surface area contributed by atoms with Gasteiger partial charge < -0.3 is 4.90 Å². The zero-order valence-electron chi connectivity index (χ0n) is 17.5. The van der Waals surface area contributed by atoms with Gasteiger partial charge in [0.25, 0.3) is 0 Å². The molecule has 0 heterocycles. The summed E-state index contributed by atoms with van der Waals surface area (Å²) in [5.74, 6) is 0. The van der Waals surface area contributed by atoms with Crippen LogP contribution in [0.15, 0.2) is 0 Å². The normalized spacial score (nSPS) is 10.7. The third-order valence-electron chi connectivity index (χ3n) is 4.49.